The molecule has 7 heteroatoms. The van der Waals surface area contributed by atoms with Gasteiger partial charge in [0.15, 0.2) is 0 Å². The Morgan fingerprint density at radius 1 is 1.12 bits per heavy atom. The quantitative estimate of drug-likeness (QED) is 0.430. The number of nitrogens with zero attached hydrogens (tertiary/aromatic N) is 2. The lowest BCUT2D eigenvalue weighted by Crippen LogP contribution is -2.64. The molecule has 2 aromatic heterocycles. The van der Waals surface area contributed by atoms with Gasteiger partial charge >= 0.3 is 0 Å². The van der Waals surface area contributed by atoms with Crippen LogP contribution in [0.4, 0.5) is 0 Å². The highest BCUT2D eigenvalue weighted by molar-refractivity contribution is 7.16. The number of rotatable bonds is 7. The summed E-state index contributed by atoms with van der Waals surface area (Å²) in [5, 5.41) is 6.13. The van der Waals surface area contributed by atoms with Crippen LogP contribution < -0.4 is 10.1 Å². The van der Waals surface area contributed by atoms with Crippen LogP contribution in [0.5, 0.6) is 5.75 Å². The molecule has 4 aromatic rings. The van der Waals surface area contributed by atoms with Crippen LogP contribution in [-0.4, -0.2) is 40.5 Å². The lowest BCUT2D eigenvalue weighted by atomic mass is 9.94. The first kappa shape index (κ1) is 22.2. The molecule has 0 saturated heterocycles. The van der Waals surface area contributed by atoms with E-state index >= 15 is 0 Å². The lowest BCUT2D eigenvalue weighted by Gasteiger charge is -2.44. The van der Waals surface area contributed by atoms with Crippen molar-refractivity contribution in [2.24, 2.45) is 0 Å². The summed E-state index contributed by atoms with van der Waals surface area (Å²) in [4.78, 5) is 30.2. The molecule has 6 nitrogen and oxygen atoms in total. The standard InChI is InChI=1S/C27H27N3O3S/c1-27(26(32)28-17-21-10-6-7-11-23(21)33-2)18-29-22(16-20-13-15-34-25(20)29)24(31)30(27)14-12-19-8-4-3-5-9-19/h3-11,13,15-16H,12,14,17-18H2,1-2H3,(H,28,32). The normalized spacial score (nSPS) is 17.6. The first-order valence-corrected chi connectivity index (χ1v) is 12.2. The van der Waals surface area contributed by atoms with Gasteiger partial charge in [0.2, 0.25) is 5.91 Å². The van der Waals surface area contributed by atoms with Gasteiger partial charge in [0.25, 0.3) is 5.91 Å². The van der Waals surface area contributed by atoms with Gasteiger partial charge in [-0.25, -0.2) is 0 Å². The molecule has 0 bridgehead atoms. The maximum absolute atomic E-state index is 13.7. The number of fused-ring (bicyclic) bond motifs is 3. The minimum atomic E-state index is -1.03. The van der Waals surface area contributed by atoms with Gasteiger partial charge in [0, 0.05) is 24.0 Å². The number of nitrogens with one attached hydrogen (secondary N) is 1. The molecule has 1 aliphatic rings. The van der Waals surface area contributed by atoms with Crippen molar-refractivity contribution in [1.82, 2.24) is 14.8 Å². The minimum Gasteiger partial charge on any atom is -0.496 e. The van der Waals surface area contributed by atoms with Gasteiger partial charge in [-0.05, 0) is 42.5 Å². The Labute approximate surface area is 202 Å². The summed E-state index contributed by atoms with van der Waals surface area (Å²) in [7, 11) is 1.62. The molecule has 1 unspecified atom stereocenters. The van der Waals surface area contributed by atoms with E-state index < -0.39 is 5.54 Å². The molecule has 1 aliphatic heterocycles. The summed E-state index contributed by atoms with van der Waals surface area (Å²) < 4.78 is 7.43. The molecule has 0 aliphatic carbocycles. The van der Waals surface area contributed by atoms with Crippen molar-refractivity contribution in [2.45, 2.75) is 32.0 Å². The monoisotopic (exact) mass is 473 g/mol. The summed E-state index contributed by atoms with van der Waals surface area (Å²) in [6, 6.07) is 21.6. The maximum Gasteiger partial charge on any atom is 0.271 e. The summed E-state index contributed by atoms with van der Waals surface area (Å²) in [6.07, 6.45) is 0.678. The Hall–Kier alpha value is -3.58. The van der Waals surface area contributed by atoms with E-state index in [-0.39, 0.29) is 11.8 Å². The van der Waals surface area contributed by atoms with Crippen molar-refractivity contribution in [3.8, 4) is 5.75 Å². The van der Waals surface area contributed by atoms with Crippen LogP contribution in [0.15, 0.2) is 72.1 Å². The number of benzene rings is 2. The maximum atomic E-state index is 13.7. The zero-order valence-electron chi connectivity index (χ0n) is 19.3. The fraction of sp³-hybridized carbons (Fsp3) is 0.259. The van der Waals surface area contributed by atoms with Crippen molar-refractivity contribution in [3.63, 3.8) is 0 Å². The van der Waals surface area contributed by atoms with Gasteiger partial charge in [-0.1, -0.05) is 48.5 Å². The Morgan fingerprint density at radius 2 is 1.88 bits per heavy atom. The third-order valence-electron chi connectivity index (χ3n) is 6.62. The van der Waals surface area contributed by atoms with Crippen LogP contribution in [0.3, 0.4) is 0 Å². The third-order valence-corrected chi connectivity index (χ3v) is 7.57. The van der Waals surface area contributed by atoms with Crippen molar-refractivity contribution in [1.29, 1.82) is 0 Å². The van der Waals surface area contributed by atoms with Gasteiger partial charge < -0.3 is 19.5 Å². The smallest absolute Gasteiger partial charge is 0.271 e. The van der Waals surface area contributed by atoms with Gasteiger partial charge in [-0.3, -0.25) is 9.59 Å². The third kappa shape index (κ3) is 3.86. The highest BCUT2D eigenvalue weighted by Crippen LogP contribution is 2.34. The van der Waals surface area contributed by atoms with Crippen LogP contribution in [-0.2, 0) is 24.3 Å². The molecule has 0 spiro atoms. The predicted octanol–water partition coefficient (Wildman–Crippen LogP) is 4.49. The predicted molar refractivity (Wildman–Crippen MR) is 134 cm³/mol. The molecule has 0 radical (unpaired) electrons. The highest BCUT2D eigenvalue weighted by atomic mass is 32.1. The molecule has 1 N–H and O–H groups in total. The van der Waals surface area contributed by atoms with Crippen LogP contribution in [0, 0.1) is 0 Å². The molecule has 3 heterocycles. The SMILES string of the molecule is COc1ccccc1CNC(=O)C1(C)Cn2c(cc3ccsc32)C(=O)N1CCc1ccccc1. The second kappa shape index (κ2) is 8.99. The zero-order chi connectivity index (χ0) is 23.7. The van der Waals surface area contributed by atoms with E-state index in [1.54, 1.807) is 23.3 Å². The first-order chi connectivity index (χ1) is 16.5. The lowest BCUT2D eigenvalue weighted by molar-refractivity contribution is -0.133. The molecule has 174 valence electrons. The number of hydrogen-bond donors (Lipinski definition) is 1. The minimum absolute atomic E-state index is 0.111. The molecule has 1 atom stereocenters. The number of thiophene rings is 1. The Kier molecular flexibility index (Phi) is 5.87. The number of methoxy groups -OCH3 is 1. The molecule has 34 heavy (non-hydrogen) atoms. The molecule has 2 aromatic carbocycles. The molecular formula is C27H27N3O3S. The number of hydrogen-bond acceptors (Lipinski definition) is 4. The summed E-state index contributed by atoms with van der Waals surface area (Å²) in [5.74, 6) is 0.436. The van der Waals surface area contributed by atoms with E-state index in [0.717, 1.165) is 27.1 Å². The van der Waals surface area contributed by atoms with Crippen molar-refractivity contribution >= 4 is 33.4 Å². The van der Waals surface area contributed by atoms with E-state index in [1.807, 2.05) is 83.6 Å². The summed E-state index contributed by atoms with van der Waals surface area (Å²) in [5.41, 5.74) is 1.64. The molecule has 2 amide bonds. The average molecular weight is 474 g/mol. The van der Waals surface area contributed by atoms with Crippen molar-refractivity contribution in [2.75, 3.05) is 13.7 Å². The van der Waals surface area contributed by atoms with Gasteiger partial charge in [0.1, 0.15) is 21.8 Å². The van der Waals surface area contributed by atoms with Crippen molar-refractivity contribution < 1.29 is 14.3 Å². The second-order valence-electron chi connectivity index (χ2n) is 8.76. The van der Waals surface area contributed by atoms with E-state index in [4.69, 9.17) is 4.74 Å². The number of aromatic nitrogens is 1. The fourth-order valence-electron chi connectivity index (χ4n) is 4.71. The van der Waals surface area contributed by atoms with E-state index in [2.05, 4.69) is 5.32 Å². The van der Waals surface area contributed by atoms with Gasteiger partial charge in [-0.2, -0.15) is 0 Å². The summed E-state index contributed by atoms with van der Waals surface area (Å²) >= 11 is 1.59. The van der Waals surface area contributed by atoms with Crippen LogP contribution >= 0.6 is 11.3 Å². The topological polar surface area (TPSA) is 63.6 Å². The van der Waals surface area contributed by atoms with Gasteiger partial charge in [-0.15, -0.1) is 11.3 Å². The second-order valence-corrected chi connectivity index (χ2v) is 9.65. The number of ether oxygens (including phenoxy) is 1. The molecular weight excluding hydrogens is 446 g/mol. The number of carbonyl (C=O) groups is 2. The largest absolute Gasteiger partial charge is 0.496 e. The van der Waals surface area contributed by atoms with Crippen LogP contribution in [0.25, 0.3) is 10.2 Å². The number of carbonyl (C=O) groups excluding carboxylic acids is 2. The summed E-state index contributed by atoms with van der Waals surface area (Å²) in [6.45, 7) is 3.06. The Bertz CT molecular complexity index is 1340. The first-order valence-electron chi connectivity index (χ1n) is 11.3. The zero-order valence-corrected chi connectivity index (χ0v) is 20.1. The average Bonchev–Trinajstić information content (AvgIpc) is 3.45. The molecule has 5 rings (SSSR count). The number of amides is 2. The van der Waals surface area contributed by atoms with E-state index in [9.17, 15) is 9.59 Å². The van der Waals surface area contributed by atoms with E-state index in [0.29, 0.717) is 31.7 Å². The van der Waals surface area contributed by atoms with Gasteiger partial charge in [0.05, 0.1) is 13.7 Å². The molecule has 0 saturated carbocycles. The van der Waals surface area contributed by atoms with Crippen LogP contribution in [0.1, 0.15) is 28.5 Å². The molecule has 0 fully saturated rings. The fourth-order valence-corrected chi connectivity index (χ4v) is 5.60. The Morgan fingerprint density at radius 3 is 2.68 bits per heavy atom. The number of para-hydroxylation sites is 1. The Balaban J connectivity index is 1.46. The van der Waals surface area contributed by atoms with E-state index in [1.165, 1.54) is 0 Å². The van der Waals surface area contributed by atoms with Crippen molar-refractivity contribution in [3.05, 3.63) is 88.9 Å². The highest BCUT2D eigenvalue weighted by Gasteiger charge is 2.47. The van der Waals surface area contributed by atoms with Crippen LogP contribution in [0.2, 0.25) is 0 Å².